The van der Waals surface area contributed by atoms with Crippen molar-refractivity contribution in [2.75, 3.05) is 27.2 Å². The number of hydrogen-bond acceptors (Lipinski definition) is 7. The Hall–Kier alpha value is -2.09. The van der Waals surface area contributed by atoms with Crippen LogP contribution < -0.4 is 9.47 Å². The monoisotopic (exact) mass is 373 g/mol. The van der Waals surface area contributed by atoms with E-state index in [9.17, 15) is 4.79 Å². The van der Waals surface area contributed by atoms with E-state index >= 15 is 0 Å². The molecule has 5 atom stereocenters. The molecular weight excluding hydrogens is 350 g/mol. The molecule has 27 heavy (non-hydrogen) atoms. The van der Waals surface area contributed by atoms with Crippen molar-refractivity contribution in [1.82, 2.24) is 4.90 Å². The van der Waals surface area contributed by atoms with Crippen LogP contribution >= 0.6 is 0 Å². The fourth-order valence-corrected chi connectivity index (χ4v) is 4.95. The average molecular weight is 373 g/mol. The summed E-state index contributed by atoms with van der Waals surface area (Å²) in [5, 5.41) is 0. The van der Waals surface area contributed by atoms with Crippen LogP contribution in [0.4, 0.5) is 0 Å². The predicted molar refractivity (Wildman–Crippen MR) is 94.5 cm³/mol. The van der Waals surface area contributed by atoms with Crippen molar-refractivity contribution in [1.29, 1.82) is 0 Å². The normalized spacial score (nSPS) is 35.3. The molecule has 1 aromatic rings. The highest BCUT2D eigenvalue weighted by Crippen LogP contribution is 2.52. The minimum Gasteiger partial charge on any atom is -0.463 e. The molecule has 1 saturated heterocycles. The molecule has 3 heterocycles. The molecule has 0 amide bonds. The van der Waals surface area contributed by atoms with E-state index in [1.165, 1.54) is 12.5 Å². The molecular formula is C20H23NO6. The third-order valence-electron chi connectivity index (χ3n) is 6.19. The highest BCUT2D eigenvalue weighted by Gasteiger charge is 2.57. The summed E-state index contributed by atoms with van der Waals surface area (Å²) in [5.41, 5.74) is 1.94. The number of fused-ring (bicyclic) bond motifs is 2. The minimum atomic E-state index is -0.419. The van der Waals surface area contributed by atoms with Crippen LogP contribution in [-0.2, 0) is 31.0 Å². The zero-order chi connectivity index (χ0) is 18.6. The molecule has 144 valence electrons. The lowest BCUT2D eigenvalue weighted by Gasteiger charge is -2.58. The van der Waals surface area contributed by atoms with Crippen molar-refractivity contribution in [2.45, 2.75) is 43.6 Å². The first-order chi connectivity index (χ1) is 13.1. The van der Waals surface area contributed by atoms with Gasteiger partial charge in [0, 0.05) is 26.6 Å². The zero-order valence-corrected chi connectivity index (χ0v) is 15.5. The topological polar surface area (TPSA) is 66.5 Å². The summed E-state index contributed by atoms with van der Waals surface area (Å²) in [7, 11) is 1.74. The summed E-state index contributed by atoms with van der Waals surface area (Å²) in [6.07, 6.45) is 4.95. The third kappa shape index (κ3) is 2.49. The maximum Gasteiger partial charge on any atom is 0.302 e. The maximum absolute atomic E-state index is 11.5. The van der Waals surface area contributed by atoms with Crippen LogP contribution in [0.25, 0.3) is 0 Å². The summed E-state index contributed by atoms with van der Waals surface area (Å²) >= 11 is 0. The van der Waals surface area contributed by atoms with Gasteiger partial charge in [0.2, 0.25) is 6.79 Å². The van der Waals surface area contributed by atoms with Crippen molar-refractivity contribution >= 4 is 5.97 Å². The number of nitrogens with zero attached hydrogens (tertiary/aromatic N) is 1. The molecule has 2 bridgehead atoms. The van der Waals surface area contributed by atoms with Gasteiger partial charge in [0.05, 0.1) is 11.5 Å². The third-order valence-corrected chi connectivity index (χ3v) is 6.19. The summed E-state index contributed by atoms with van der Waals surface area (Å²) in [6, 6.07) is 4.36. The Morgan fingerprint density at radius 3 is 2.93 bits per heavy atom. The zero-order valence-electron chi connectivity index (χ0n) is 15.5. The second-order valence-electron chi connectivity index (χ2n) is 7.51. The predicted octanol–water partition coefficient (Wildman–Crippen LogP) is 1.73. The van der Waals surface area contributed by atoms with Crippen LogP contribution in [0.15, 0.2) is 24.3 Å². The smallest absolute Gasteiger partial charge is 0.302 e. The maximum atomic E-state index is 11.5. The second kappa shape index (κ2) is 6.22. The van der Waals surface area contributed by atoms with E-state index in [0.717, 1.165) is 30.0 Å². The van der Waals surface area contributed by atoms with E-state index in [-0.39, 0.29) is 37.6 Å². The van der Waals surface area contributed by atoms with Gasteiger partial charge in [-0.3, -0.25) is 9.69 Å². The lowest BCUT2D eigenvalue weighted by molar-refractivity contribution is -0.180. The number of carbonyl (C=O) groups is 1. The fraction of sp³-hybridized carbons (Fsp3) is 0.550. The summed E-state index contributed by atoms with van der Waals surface area (Å²) in [5.74, 6) is 1.24. The lowest BCUT2D eigenvalue weighted by atomic mass is 9.61. The molecule has 1 fully saturated rings. The summed E-state index contributed by atoms with van der Waals surface area (Å²) in [6.45, 7) is 3.16. The van der Waals surface area contributed by atoms with Gasteiger partial charge in [-0.15, -0.1) is 0 Å². The van der Waals surface area contributed by atoms with E-state index in [1.807, 2.05) is 0 Å². The molecule has 1 aliphatic carbocycles. The van der Waals surface area contributed by atoms with Crippen molar-refractivity contribution in [3.05, 3.63) is 35.4 Å². The molecule has 5 rings (SSSR count). The molecule has 0 radical (unpaired) electrons. The highest BCUT2D eigenvalue weighted by molar-refractivity contribution is 5.66. The van der Waals surface area contributed by atoms with Crippen molar-refractivity contribution in [3.63, 3.8) is 0 Å². The Kier molecular flexibility index (Phi) is 3.93. The molecule has 4 aliphatic rings. The van der Waals surface area contributed by atoms with Gasteiger partial charge < -0.3 is 23.7 Å². The Bertz CT molecular complexity index is 808. The number of hydrogen-bond donors (Lipinski definition) is 0. The Morgan fingerprint density at radius 2 is 2.15 bits per heavy atom. The fourth-order valence-electron chi connectivity index (χ4n) is 4.95. The number of rotatable bonds is 3. The first-order valence-corrected chi connectivity index (χ1v) is 9.26. The van der Waals surface area contributed by atoms with Crippen LogP contribution in [0.5, 0.6) is 11.5 Å². The molecule has 0 aromatic heterocycles. The van der Waals surface area contributed by atoms with Gasteiger partial charge in [-0.1, -0.05) is 12.2 Å². The van der Waals surface area contributed by atoms with Crippen LogP contribution in [0.2, 0.25) is 0 Å². The largest absolute Gasteiger partial charge is 0.463 e. The Labute approximate surface area is 157 Å². The molecule has 0 saturated carbocycles. The first kappa shape index (κ1) is 17.0. The standard InChI is InChI=1S/C20H23NO6/c1-12(22)24-9-19-20-4-3-14(23-2)6-18(20)21(10-25-19)8-13-5-16-17(7-15(13)20)27-11-26-16/h3-5,7,14,18-19H,6,8-11H2,1-2H3. The van der Waals surface area contributed by atoms with Gasteiger partial charge >= 0.3 is 5.97 Å². The molecule has 7 heteroatoms. The lowest BCUT2D eigenvalue weighted by Crippen LogP contribution is -2.67. The van der Waals surface area contributed by atoms with Gasteiger partial charge in [-0.05, 0) is 29.7 Å². The Morgan fingerprint density at radius 1 is 1.33 bits per heavy atom. The number of ether oxygens (including phenoxy) is 5. The first-order valence-electron chi connectivity index (χ1n) is 9.26. The molecule has 5 unspecified atom stereocenters. The molecule has 1 aromatic carbocycles. The molecule has 0 spiro atoms. The second-order valence-corrected chi connectivity index (χ2v) is 7.51. The van der Waals surface area contributed by atoms with Crippen LogP contribution in [0, 0.1) is 0 Å². The number of esters is 1. The average Bonchev–Trinajstić information content (AvgIpc) is 3.12. The van der Waals surface area contributed by atoms with E-state index in [1.54, 1.807) is 7.11 Å². The van der Waals surface area contributed by atoms with Crippen molar-refractivity contribution in [3.8, 4) is 11.5 Å². The highest BCUT2D eigenvalue weighted by atomic mass is 16.7. The van der Waals surface area contributed by atoms with Gasteiger partial charge in [0.25, 0.3) is 0 Å². The van der Waals surface area contributed by atoms with Crippen LogP contribution in [-0.4, -0.2) is 56.4 Å². The van der Waals surface area contributed by atoms with Crippen LogP contribution in [0.1, 0.15) is 24.5 Å². The minimum absolute atomic E-state index is 0.0636. The van der Waals surface area contributed by atoms with Gasteiger partial charge in [0.15, 0.2) is 11.5 Å². The number of benzene rings is 1. The van der Waals surface area contributed by atoms with E-state index < -0.39 is 5.41 Å². The van der Waals surface area contributed by atoms with Gasteiger partial charge in [-0.25, -0.2) is 0 Å². The molecule has 0 N–H and O–H groups in total. The van der Waals surface area contributed by atoms with E-state index in [4.69, 9.17) is 23.7 Å². The van der Waals surface area contributed by atoms with E-state index in [2.05, 4.69) is 29.2 Å². The summed E-state index contributed by atoms with van der Waals surface area (Å²) < 4.78 is 28.4. The SMILES string of the molecule is COC1C=CC23c4cc5c(cc4CN(COC2COC(C)=O)C3C1)OCO5. The van der Waals surface area contributed by atoms with Crippen LogP contribution in [0.3, 0.4) is 0 Å². The summed E-state index contributed by atoms with van der Waals surface area (Å²) in [4.78, 5) is 13.8. The van der Waals surface area contributed by atoms with Crippen molar-refractivity contribution < 1.29 is 28.5 Å². The quantitative estimate of drug-likeness (QED) is 0.590. The molecule has 7 nitrogen and oxygen atoms in total. The van der Waals surface area contributed by atoms with Gasteiger partial charge in [0.1, 0.15) is 19.4 Å². The number of carbonyl (C=O) groups excluding carboxylic acids is 1. The number of methoxy groups -OCH3 is 1. The molecule has 3 aliphatic heterocycles. The van der Waals surface area contributed by atoms with Gasteiger partial charge in [-0.2, -0.15) is 0 Å². The van der Waals surface area contributed by atoms with Crippen molar-refractivity contribution in [2.24, 2.45) is 0 Å². The Balaban J connectivity index is 1.66. The van der Waals surface area contributed by atoms with E-state index in [0.29, 0.717) is 6.73 Å².